The molecule has 4 unspecified atom stereocenters. The summed E-state index contributed by atoms with van der Waals surface area (Å²) in [7, 11) is 0. The lowest BCUT2D eigenvalue weighted by molar-refractivity contribution is 0.0639. The van der Waals surface area contributed by atoms with Crippen molar-refractivity contribution in [3.05, 3.63) is 11.1 Å². The first-order valence-corrected chi connectivity index (χ1v) is 9.16. The first-order chi connectivity index (χ1) is 9.48. The summed E-state index contributed by atoms with van der Waals surface area (Å²) < 4.78 is 0. The molecule has 0 amide bonds. The van der Waals surface area contributed by atoms with E-state index in [1.165, 1.54) is 6.42 Å². The van der Waals surface area contributed by atoms with E-state index in [9.17, 15) is 0 Å². The average Bonchev–Trinajstić information content (AvgIpc) is 2.67. The molecule has 0 aliphatic heterocycles. The zero-order valence-electron chi connectivity index (χ0n) is 16.2. The Morgan fingerprint density at radius 2 is 1.19 bits per heavy atom. The summed E-state index contributed by atoms with van der Waals surface area (Å²) in [6.45, 7) is 24.8. The molecule has 2 aliphatic carbocycles. The van der Waals surface area contributed by atoms with Gasteiger partial charge in [0.15, 0.2) is 0 Å². The molecule has 0 aromatic carbocycles. The molecule has 1 saturated carbocycles. The van der Waals surface area contributed by atoms with Crippen LogP contribution in [-0.4, -0.2) is 0 Å². The van der Waals surface area contributed by atoms with Gasteiger partial charge in [0.05, 0.1) is 0 Å². The average molecular weight is 291 g/mol. The van der Waals surface area contributed by atoms with Crippen LogP contribution < -0.4 is 0 Å². The van der Waals surface area contributed by atoms with E-state index in [0.29, 0.717) is 10.8 Å². The van der Waals surface area contributed by atoms with Gasteiger partial charge >= 0.3 is 0 Å². The minimum Gasteiger partial charge on any atom is -0.0707 e. The predicted octanol–water partition coefficient (Wildman–Crippen LogP) is 6.57. The second-order valence-corrected chi connectivity index (χ2v) is 9.28. The van der Waals surface area contributed by atoms with Crippen LogP contribution in [-0.2, 0) is 0 Å². The lowest BCUT2D eigenvalue weighted by Crippen LogP contribution is -2.37. The van der Waals surface area contributed by atoms with Gasteiger partial charge in [0.1, 0.15) is 0 Å². The molecule has 0 aromatic rings. The van der Waals surface area contributed by atoms with E-state index in [1.54, 1.807) is 11.1 Å². The molecule has 0 nitrogen and oxygen atoms in total. The number of rotatable bonds is 2. The maximum Gasteiger partial charge on any atom is -0.00799 e. The molecular formula is C21H38. The molecule has 1 fully saturated rings. The van der Waals surface area contributed by atoms with Gasteiger partial charge in [0, 0.05) is 0 Å². The molecule has 0 saturated heterocycles. The van der Waals surface area contributed by atoms with Crippen LogP contribution in [0.1, 0.15) is 75.7 Å². The lowest BCUT2D eigenvalue weighted by atomic mass is 9.59. The summed E-state index contributed by atoms with van der Waals surface area (Å²) in [5.41, 5.74) is 4.22. The number of allylic oxidation sites excluding steroid dienone is 2. The van der Waals surface area contributed by atoms with Crippen molar-refractivity contribution < 1.29 is 0 Å². The molecule has 0 heterocycles. The topological polar surface area (TPSA) is 0 Å². The third-order valence-corrected chi connectivity index (χ3v) is 9.12. The Labute approximate surface area is 133 Å². The van der Waals surface area contributed by atoms with Crippen molar-refractivity contribution in [2.45, 2.75) is 75.7 Å². The highest BCUT2D eigenvalue weighted by Crippen LogP contribution is 2.63. The Morgan fingerprint density at radius 3 is 1.52 bits per heavy atom. The van der Waals surface area contributed by atoms with Gasteiger partial charge in [-0.15, -0.1) is 0 Å². The minimum atomic E-state index is 0.393. The third-order valence-electron chi connectivity index (χ3n) is 9.12. The van der Waals surface area contributed by atoms with Crippen molar-refractivity contribution in [3.8, 4) is 0 Å². The van der Waals surface area contributed by atoms with Crippen molar-refractivity contribution in [1.29, 1.82) is 0 Å². The molecule has 0 radical (unpaired) electrons. The van der Waals surface area contributed by atoms with E-state index in [4.69, 9.17) is 0 Å². The Bertz CT molecular complexity index is 429. The number of hydrogen-bond acceptors (Lipinski definition) is 0. The van der Waals surface area contributed by atoms with Crippen molar-refractivity contribution in [3.63, 3.8) is 0 Å². The summed E-state index contributed by atoms with van der Waals surface area (Å²) in [6.07, 6.45) is 1.37. The van der Waals surface area contributed by atoms with E-state index >= 15 is 0 Å². The van der Waals surface area contributed by atoms with Gasteiger partial charge in [-0.25, -0.2) is 0 Å². The molecular weight excluding hydrogens is 252 g/mol. The monoisotopic (exact) mass is 290 g/mol. The van der Waals surface area contributed by atoms with Crippen LogP contribution in [0.5, 0.6) is 0 Å². The van der Waals surface area contributed by atoms with Crippen molar-refractivity contribution in [2.75, 3.05) is 0 Å². The first kappa shape index (κ1) is 17.1. The van der Waals surface area contributed by atoms with Crippen LogP contribution in [0, 0.1) is 46.3 Å². The van der Waals surface area contributed by atoms with E-state index in [0.717, 1.165) is 35.5 Å². The zero-order valence-corrected chi connectivity index (χ0v) is 16.2. The Morgan fingerprint density at radius 1 is 0.762 bits per heavy atom. The van der Waals surface area contributed by atoms with Gasteiger partial charge in [-0.2, -0.15) is 0 Å². The van der Waals surface area contributed by atoms with Crippen LogP contribution in [0.15, 0.2) is 11.1 Å². The fourth-order valence-corrected chi connectivity index (χ4v) is 5.99. The standard InChI is InChI=1S/C21H38/c1-12-13(2)17(6)20(9,16(12)5)11-21(10)18(7)14(3)15(4)19(21)8/h12-14,16-18H,11H2,1-10H3/t12-,13?,14+,16?,17+,18?,20?,21-/m1/s1. The second-order valence-electron chi connectivity index (χ2n) is 9.28. The normalized spacial score (nSPS) is 54.6. The lowest BCUT2D eigenvalue weighted by Gasteiger charge is -2.45. The highest BCUT2D eigenvalue weighted by atomic mass is 14.6. The van der Waals surface area contributed by atoms with Gasteiger partial charge in [0.2, 0.25) is 0 Å². The molecule has 2 aliphatic rings. The summed E-state index contributed by atoms with van der Waals surface area (Å²) in [4.78, 5) is 0. The number of hydrogen-bond donors (Lipinski definition) is 0. The van der Waals surface area contributed by atoms with Gasteiger partial charge < -0.3 is 0 Å². The van der Waals surface area contributed by atoms with E-state index in [2.05, 4.69) is 69.2 Å². The fraction of sp³-hybridized carbons (Fsp3) is 0.905. The van der Waals surface area contributed by atoms with Crippen LogP contribution in [0.2, 0.25) is 0 Å². The van der Waals surface area contributed by atoms with E-state index in [1.807, 2.05) is 0 Å². The quantitative estimate of drug-likeness (QED) is 0.504. The van der Waals surface area contributed by atoms with Gasteiger partial charge in [-0.3, -0.25) is 0 Å². The largest absolute Gasteiger partial charge is 0.0707 e. The van der Waals surface area contributed by atoms with Crippen molar-refractivity contribution >= 4 is 0 Å². The smallest absolute Gasteiger partial charge is 0.00799 e. The molecule has 0 bridgehead atoms. The fourth-order valence-electron chi connectivity index (χ4n) is 5.99. The SMILES string of the molecule is CC1=C(C)[C@](C)(CC2(C)C(C)[C@H](C)C(C)[C@@H]2C)C(C)[C@H]1C. The first-order valence-electron chi connectivity index (χ1n) is 9.16. The van der Waals surface area contributed by atoms with Crippen LogP contribution >= 0.6 is 0 Å². The maximum absolute atomic E-state index is 2.59. The molecule has 122 valence electrons. The minimum absolute atomic E-state index is 0.393. The highest BCUT2D eigenvalue weighted by molar-refractivity contribution is 5.29. The Balaban J connectivity index is 2.37. The second kappa shape index (κ2) is 5.14. The van der Waals surface area contributed by atoms with Gasteiger partial charge in [-0.05, 0) is 66.6 Å². The van der Waals surface area contributed by atoms with Gasteiger partial charge in [-0.1, -0.05) is 66.5 Å². The molecule has 2 rings (SSSR count). The predicted molar refractivity (Wildman–Crippen MR) is 94.2 cm³/mol. The van der Waals surface area contributed by atoms with E-state index in [-0.39, 0.29) is 0 Å². The Kier molecular flexibility index (Phi) is 4.18. The maximum atomic E-state index is 2.59. The third kappa shape index (κ3) is 2.15. The summed E-state index contributed by atoms with van der Waals surface area (Å²) in [5.74, 6) is 4.90. The molecule has 21 heavy (non-hydrogen) atoms. The molecule has 0 aromatic heterocycles. The van der Waals surface area contributed by atoms with Crippen LogP contribution in [0.4, 0.5) is 0 Å². The Hall–Kier alpha value is -0.260. The van der Waals surface area contributed by atoms with Crippen molar-refractivity contribution in [1.82, 2.24) is 0 Å². The highest BCUT2D eigenvalue weighted by Gasteiger charge is 2.55. The summed E-state index contributed by atoms with van der Waals surface area (Å²) >= 11 is 0. The zero-order chi connectivity index (χ0) is 16.3. The molecule has 0 spiro atoms. The van der Waals surface area contributed by atoms with Crippen LogP contribution in [0.3, 0.4) is 0 Å². The summed E-state index contributed by atoms with van der Waals surface area (Å²) in [5, 5.41) is 0. The van der Waals surface area contributed by atoms with Crippen molar-refractivity contribution in [2.24, 2.45) is 46.3 Å². The molecule has 0 heteroatoms. The van der Waals surface area contributed by atoms with Gasteiger partial charge in [0.25, 0.3) is 0 Å². The summed E-state index contributed by atoms with van der Waals surface area (Å²) in [6, 6.07) is 0. The van der Waals surface area contributed by atoms with Crippen LogP contribution in [0.25, 0.3) is 0 Å². The van der Waals surface area contributed by atoms with E-state index < -0.39 is 0 Å². The molecule has 8 atom stereocenters. The molecule has 0 N–H and O–H groups in total.